The first kappa shape index (κ1) is 14.1. The summed E-state index contributed by atoms with van der Waals surface area (Å²) in [5.74, 6) is -1.08. The predicted molar refractivity (Wildman–Crippen MR) is 68.2 cm³/mol. The van der Waals surface area contributed by atoms with Crippen molar-refractivity contribution in [1.82, 2.24) is 0 Å². The summed E-state index contributed by atoms with van der Waals surface area (Å²) >= 11 is 0. The van der Waals surface area contributed by atoms with Gasteiger partial charge in [-0.15, -0.1) is 0 Å². The first-order valence-electron chi connectivity index (χ1n) is 5.85. The lowest BCUT2D eigenvalue weighted by Gasteiger charge is -2.14. The lowest BCUT2D eigenvalue weighted by atomic mass is 9.96. The summed E-state index contributed by atoms with van der Waals surface area (Å²) in [5.41, 5.74) is -0.0221. The summed E-state index contributed by atoms with van der Waals surface area (Å²) in [7, 11) is 0. The van der Waals surface area contributed by atoms with E-state index in [-0.39, 0.29) is 12.0 Å². The van der Waals surface area contributed by atoms with Gasteiger partial charge in [0, 0.05) is 0 Å². The number of rotatable bonds is 3. The zero-order valence-electron chi connectivity index (χ0n) is 10.3. The minimum atomic E-state index is -4.48. The van der Waals surface area contributed by atoms with Crippen LogP contribution in [0.4, 0.5) is 13.2 Å². The molecule has 0 aliphatic carbocycles. The SMILES string of the molecule is O=C(O)Cc1ccc(C(F)(F)F)c(-c2ccccc2)c1. The molecule has 104 valence electrons. The van der Waals surface area contributed by atoms with Crippen LogP contribution in [-0.4, -0.2) is 11.1 Å². The number of carbonyl (C=O) groups is 1. The third kappa shape index (κ3) is 3.17. The van der Waals surface area contributed by atoms with E-state index in [9.17, 15) is 18.0 Å². The number of benzene rings is 2. The molecule has 0 aliphatic rings. The molecular weight excluding hydrogens is 269 g/mol. The van der Waals surface area contributed by atoms with Gasteiger partial charge in [0.05, 0.1) is 12.0 Å². The molecule has 1 N–H and O–H groups in total. The largest absolute Gasteiger partial charge is 0.481 e. The molecule has 0 heterocycles. The highest BCUT2D eigenvalue weighted by Gasteiger charge is 2.33. The Balaban J connectivity index is 2.57. The van der Waals surface area contributed by atoms with Gasteiger partial charge in [0.2, 0.25) is 0 Å². The Labute approximate surface area is 113 Å². The van der Waals surface area contributed by atoms with Crippen LogP contribution in [0.5, 0.6) is 0 Å². The van der Waals surface area contributed by atoms with E-state index in [1.807, 2.05) is 0 Å². The Morgan fingerprint density at radius 1 is 1.05 bits per heavy atom. The van der Waals surface area contributed by atoms with Gasteiger partial charge < -0.3 is 5.11 Å². The molecule has 2 aromatic rings. The van der Waals surface area contributed by atoms with Crippen LogP contribution in [0.25, 0.3) is 11.1 Å². The first-order chi connectivity index (χ1) is 9.38. The van der Waals surface area contributed by atoms with Crippen LogP contribution in [0, 0.1) is 0 Å². The fourth-order valence-corrected chi connectivity index (χ4v) is 1.98. The third-order valence-corrected chi connectivity index (χ3v) is 2.83. The van der Waals surface area contributed by atoms with Crippen LogP contribution in [0.2, 0.25) is 0 Å². The van der Waals surface area contributed by atoms with E-state index in [1.54, 1.807) is 30.3 Å². The van der Waals surface area contributed by atoms with Crippen LogP contribution >= 0.6 is 0 Å². The lowest BCUT2D eigenvalue weighted by molar-refractivity contribution is -0.137. The molecule has 0 amide bonds. The van der Waals surface area contributed by atoms with E-state index in [2.05, 4.69) is 0 Å². The Morgan fingerprint density at radius 2 is 1.70 bits per heavy atom. The van der Waals surface area contributed by atoms with Gasteiger partial charge >= 0.3 is 12.1 Å². The van der Waals surface area contributed by atoms with Gasteiger partial charge in [-0.2, -0.15) is 13.2 Å². The second-order valence-electron chi connectivity index (χ2n) is 4.31. The van der Waals surface area contributed by atoms with Crippen molar-refractivity contribution in [3.8, 4) is 11.1 Å². The van der Waals surface area contributed by atoms with Gasteiger partial charge in [0.1, 0.15) is 0 Å². The van der Waals surface area contributed by atoms with Crippen molar-refractivity contribution >= 4 is 5.97 Å². The maximum Gasteiger partial charge on any atom is 0.417 e. The van der Waals surface area contributed by atoms with E-state index in [0.29, 0.717) is 11.1 Å². The van der Waals surface area contributed by atoms with Gasteiger partial charge in [0.25, 0.3) is 0 Å². The van der Waals surface area contributed by atoms with Gasteiger partial charge in [-0.1, -0.05) is 36.4 Å². The third-order valence-electron chi connectivity index (χ3n) is 2.83. The number of halogens is 3. The molecule has 2 aromatic carbocycles. The first-order valence-corrected chi connectivity index (χ1v) is 5.85. The average molecular weight is 280 g/mol. The maximum absolute atomic E-state index is 13.0. The number of aliphatic carboxylic acids is 1. The van der Waals surface area contributed by atoms with Crippen molar-refractivity contribution in [2.75, 3.05) is 0 Å². The highest BCUT2D eigenvalue weighted by Crippen LogP contribution is 2.37. The smallest absolute Gasteiger partial charge is 0.417 e. The minimum absolute atomic E-state index is 0.00292. The second kappa shape index (κ2) is 5.36. The Hall–Kier alpha value is -2.30. The molecule has 0 atom stereocenters. The minimum Gasteiger partial charge on any atom is -0.481 e. The van der Waals surface area contributed by atoms with Crippen LogP contribution in [0.3, 0.4) is 0 Å². The molecule has 0 aliphatic heterocycles. The molecular formula is C15H11F3O2. The van der Waals surface area contributed by atoms with Crippen molar-refractivity contribution in [1.29, 1.82) is 0 Å². The quantitative estimate of drug-likeness (QED) is 0.922. The Bertz CT molecular complexity index is 619. The van der Waals surface area contributed by atoms with Gasteiger partial charge in [-0.05, 0) is 28.8 Å². The molecule has 0 saturated carbocycles. The summed E-state index contributed by atoms with van der Waals surface area (Å²) in [5, 5.41) is 8.74. The summed E-state index contributed by atoms with van der Waals surface area (Å²) in [6, 6.07) is 11.5. The van der Waals surface area contributed by atoms with Crippen molar-refractivity contribution in [2.45, 2.75) is 12.6 Å². The fraction of sp³-hybridized carbons (Fsp3) is 0.133. The summed E-state index contributed by atoms with van der Waals surface area (Å²) < 4.78 is 39.0. The van der Waals surface area contributed by atoms with Crippen molar-refractivity contribution < 1.29 is 23.1 Å². The summed E-state index contributed by atoms with van der Waals surface area (Å²) in [4.78, 5) is 10.7. The molecule has 2 nitrogen and oxygen atoms in total. The summed E-state index contributed by atoms with van der Waals surface area (Å²) in [6.07, 6.45) is -4.79. The second-order valence-corrected chi connectivity index (χ2v) is 4.31. The van der Waals surface area contributed by atoms with Crippen LogP contribution in [0.15, 0.2) is 48.5 Å². The van der Waals surface area contributed by atoms with Crippen LogP contribution in [0.1, 0.15) is 11.1 Å². The molecule has 0 radical (unpaired) electrons. The number of carboxylic acids is 1. The molecule has 0 fully saturated rings. The molecule has 0 spiro atoms. The fourth-order valence-electron chi connectivity index (χ4n) is 1.98. The monoisotopic (exact) mass is 280 g/mol. The number of hydrogen-bond acceptors (Lipinski definition) is 1. The zero-order chi connectivity index (χ0) is 14.8. The molecule has 0 aromatic heterocycles. The van der Waals surface area contributed by atoms with Crippen molar-refractivity contribution in [3.05, 3.63) is 59.7 Å². The normalized spacial score (nSPS) is 11.3. The van der Waals surface area contributed by atoms with Crippen molar-refractivity contribution in [3.63, 3.8) is 0 Å². The highest BCUT2D eigenvalue weighted by atomic mass is 19.4. The van der Waals surface area contributed by atoms with Crippen LogP contribution < -0.4 is 0 Å². The van der Waals surface area contributed by atoms with Gasteiger partial charge in [-0.25, -0.2) is 0 Å². The van der Waals surface area contributed by atoms with Gasteiger partial charge in [-0.3, -0.25) is 4.79 Å². The van der Waals surface area contributed by atoms with E-state index >= 15 is 0 Å². The lowest BCUT2D eigenvalue weighted by Crippen LogP contribution is -2.08. The van der Waals surface area contributed by atoms with E-state index < -0.39 is 17.7 Å². The molecule has 20 heavy (non-hydrogen) atoms. The molecule has 0 saturated heterocycles. The number of alkyl halides is 3. The van der Waals surface area contributed by atoms with E-state index in [0.717, 1.165) is 6.07 Å². The Morgan fingerprint density at radius 3 is 2.25 bits per heavy atom. The maximum atomic E-state index is 13.0. The van der Waals surface area contributed by atoms with E-state index in [4.69, 9.17) is 5.11 Å². The van der Waals surface area contributed by atoms with Gasteiger partial charge in [0.15, 0.2) is 0 Å². The molecule has 0 bridgehead atoms. The number of hydrogen-bond donors (Lipinski definition) is 1. The zero-order valence-corrected chi connectivity index (χ0v) is 10.3. The average Bonchev–Trinajstić information content (AvgIpc) is 2.37. The predicted octanol–water partition coefficient (Wildman–Crippen LogP) is 4.00. The Kier molecular flexibility index (Phi) is 3.79. The molecule has 2 rings (SSSR count). The van der Waals surface area contributed by atoms with E-state index in [1.165, 1.54) is 12.1 Å². The number of carboxylic acid groups (broad SMARTS) is 1. The van der Waals surface area contributed by atoms with Crippen LogP contribution in [-0.2, 0) is 17.4 Å². The van der Waals surface area contributed by atoms with Crippen molar-refractivity contribution in [2.24, 2.45) is 0 Å². The molecule has 0 unspecified atom stereocenters. The summed E-state index contributed by atoms with van der Waals surface area (Å²) in [6.45, 7) is 0. The molecule has 5 heteroatoms. The standard InChI is InChI=1S/C15H11F3O2/c16-15(17,18)13-7-6-10(9-14(19)20)8-12(13)11-4-2-1-3-5-11/h1-8H,9H2,(H,19,20). The highest BCUT2D eigenvalue weighted by molar-refractivity contribution is 5.73. The topological polar surface area (TPSA) is 37.3 Å².